The number of carbonyl (C=O) groups is 2. The lowest BCUT2D eigenvalue weighted by Gasteiger charge is -2.10. The topological polar surface area (TPSA) is 74.8 Å². The van der Waals surface area contributed by atoms with E-state index in [4.69, 9.17) is 0 Å². The largest absolute Gasteiger partial charge is 0.352 e. The first kappa shape index (κ1) is 14.0. The van der Waals surface area contributed by atoms with E-state index >= 15 is 0 Å². The lowest BCUT2D eigenvalue weighted by molar-refractivity contribution is 0.0937. The molecule has 0 radical (unpaired) electrons. The van der Waals surface area contributed by atoms with E-state index in [1.165, 1.54) is 6.20 Å². The summed E-state index contributed by atoms with van der Waals surface area (Å²) in [6, 6.07) is 6.75. The number of rotatable bonds is 5. The molecule has 1 heterocycles. The van der Waals surface area contributed by atoms with E-state index in [-0.39, 0.29) is 17.5 Å². The fraction of sp³-hybridized carbons (Fsp3) is 0.267. The molecular weight excluding hydrogens is 254 g/mol. The third-order valence-electron chi connectivity index (χ3n) is 2.80. The Kier molecular flexibility index (Phi) is 4.30. The minimum atomic E-state index is -0.287. The molecule has 1 amide bonds. The summed E-state index contributed by atoms with van der Waals surface area (Å²) < 4.78 is 0. The van der Waals surface area contributed by atoms with Crippen molar-refractivity contribution in [1.82, 2.24) is 15.3 Å². The Labute approximate surface area is 117 Å². The minimum Gasteiger partial charge on any atom is -0.352 e. The molecule has 0 aliphatic carbocycles. The van der Waals surface area contributed by atoms with E-state index in [0.29, 0.717) is 23.6 Å². The van der Waals surface area contributed by atoms with Gasteiger partial charge in [0.1, 0.15) is 0 Å². The number of aromatic nitrogens is 2. The van der Waals surface area contributed by atoms with Gasteiger partial charge in [0.05, 0.1) is 5.56 Å². The molecule has 0 spiro atoms. The van der Waals surface area contributed by atoms with Crippen LogP contribution in [0.5, 0.6) is 0 Å². The minimum absolute atomic E-state index is 0.231. The molecule has 0 atom stereocenters. The Morgan fingerprint density at radius 1 is 1.25 bits per heavy atom. The Hall–Kier alpha value is -2.43. The first-order valence-corrected chi connectivity index (χ1v) is 6.51. The van der Waals surface area contributed by atoms with Crippen molar-refractivity contribution in [2.75, 3.05) is 6.54 Å². The molecule has 0 bridgehead atoms. The van der Waals surface area contributed by atoms with Crippen LogP contribution in [0.1, 0.15) is 40.4 Å². The quantitative estimate of drug-likeness (QED) is 0.817. The Morgan fingerprint density at radius 2 is 1.95 bits per heavy atom. The van der Waals surface area contributed by atoms with Crippen LogP contribution in [-0.4, -0.2) is 28.2 Å². The van der Waals surface area contributed by atoms with Gasteiger partial charge in [-0.15, -0.1) is 0 Å². The van der Waals surface area contributed by atoms with Crippen molar-refractivity contribution in [3.8, 4) is 0 Å². The third kappa shape index (κ3) is 3.12. The summed E-state index contributed by atoms with van der Waals surface area (Å²) in [5, 5.41) is 2.82. The number of imidazole rings is 1. The first-order valence-electron chi connectivity index (χ1n) is 6.51. The molecule has 0 unspecified atom stereocenters. The smallest absolute Gasteiger partial charge is 0.252 e. The van der Waals surface area contributed by atoms with Crippen molar-refractivity contribution < 1.29 is 9.59 Å². The van der Waals surface area contributed by atoms with Gasteiger partial charge in [-0.3, -0.25) is 9.59 Å². The van der Waals surface area contributed by atoms with Gasteiger partial charge in [0.2, 0.25) is 5.78 Å². The van der Waals surface area contributed by atoms with Crippen molar-refractivity contribution in [2.45, 2.75) is 13.8 Å². The monoisotopic (exact) mass is 271 g/mol. The molecule has 0 aliphatic rings. The molecule has 0 fully saturated rings. The van der Waals surface area contributed by atoms with Crippen molar-refractivity contribution >= 4 is 11.7 Å². The molecule has 0 saturated heterocycles. The van der Waals surface area contributed by atoms with E-state index in [2.05, 4.69) is 15.3 Å². The molecule has 20 heavy (non-hydrogen) atoms. The molecule has 1 aromatic carbocycles. The molecule has 0 saturated carbocycles. The number of amides is 1. The number of ketones is 1. The van der Waals surface area contributed by atoms with Crippen LogP contribution in [0.15, 0.2) is 36.7 Å². The van der Waals surface area contributed by atoms with Gasteiger partial charge in [0, 0.05) is 24.5 Å². The lowest BCUT2D eigenvalue weighted by Crippen LogP contribution is -2.28. The number of hydrogen-bond acceptors (Lipinski definition) is 3. The lowest BCUT2D eigenvalue weighted by atomic mass is 10.0. The highest BCUT2D eigenvalue weighted by atomic mass is 16.2. The highest BCUT2D eigenvalue weighted by Gasteiger charge is 2.19. The molecular formula is C15H17N3O2. The second-order valence-corrected chi connectivity index (χ2v) is 4.92. The van der Waals surface area contributed by atoms with Crippen LogP contribution >= 0.6 is 0 Å². The zero-order valence-electron chi connectivity index (χ0n) is 11.5. The molecule has 1 aromatic heterocycles. The van der Waals surface area contributed by atoms with Crippen LogP contribution < -0.4 is 5.32 Å². The van der Waals surface area contributed by atoms with Gasteiger partial charge >= 0.3 is 0 Å². The summed E-state index contributed by atoms with van der Waals surface area (Å²) in [7, 11) is 0. The van der Waals surface area contributed by atoms with Gasteiger partial charge < -0.3 is 10.3 Å². The number of nitrogens with one attached hydrogen (secondary N) is 2. The average Bonchev–Trinajstić information content (AvgIpc) is 2.98. The van der Waals surface area contributed by atoms with Crippen LogP contribution in [-0.2, 0) is 0 Å². The second kappa shape index (κ2) is 6.14. The van der Waals surface area contributed by atoms with Gasteiger partial charge in [-0.05, 0) is 12.0 Å². The second-order valence-electron chi connectivity index (χ2n) is 4.92. The predicted octanol–water partition coefficient (Wildman–Crippen LogP) is 2.03. The van der Waals surface area contributed by atoms with Crippen LogP contribution in [0.25, 0.3) is 0 Å². The predicted molar refractivity (Wildman–Crippen MR) is 75.6 cm³/mol. The zero-order valence-corrected chi connectivity index (χ0v) is 11.5. The van der Waals surface area contributed by atoms with E-state index < -0.39 is 0 Å². The summed E-state index contributed by atoms with van der Waals surface area (Å²) in [4.78, 5) is 31.1. The number of aromatic amines is 1. The molecule has 5 nitrogen and oxygen atoms in total. The molecule has 5 heteroatoms. The van der Waals surface area contributed by atoms with E-state index in [1.54, 1.807) is 30.5 Å². The summed E-state index contributed by atoms with van der Waals surface area (Å²) in [6.45, 7) is 4.60. The highest BCUT2D eigenvalue weighted by Crippen LogP contribution is 2.12. The number of nitrogens with zero attached hydrogens (tertiary/aromatic N) is 1. The third-order valence-corrected chi connectivity index (χ3v) is 2.80. The van der Waals surface area contributed by atoms with Gasteiger partial charge in [-0.25, -0.2) is 4.98 Å². The van der Waals surface area contributed by atoms with Crippen LogP contribution in [0, 0.1) is 5.92 Å². The van der Waals surface area contributed by atoms with E-state index in [1.807, 2.05) is 13.8 Å². The van der Waals surface area contributed by atoms with Crippen molar-refractivity contribution in [2.24, 2.45) is 5.92 Å². The summed E-state index contributed by atoms with van der Waals surface area (Å²) >= 11 is 0. The first-order chi connectivity index (χ1) is 9.59. The van der Waals surface area contributed by atoms with Crippen LogP contribution in [0.2, 0.25) is 0 Å². The van der Waals surface area contributed by atoms with Crippen LogP contribution in [0.4, 0.5) is 0 Å². The maximum atomic E-state index is 12.3. The highest BCUT2D eigenvalue weighted by molar-refractivity contribution is 6.13. The van der Waals surface area contributed by atoms with Gasteiger partial charge in [0.15, 0.2) is 5.82 Å². The van der Waals surface area contributed by atoms with E-state index in [0.717, 1.165) is 0 Å². The Morgan fingerprint density at radius 3 is 2.55 bits per heavy atom. The number of carbonyl (C=O) groups excluding carboxylic acids is 2. The average molecular weight is 271 g/mol. The molecule has 104 valence electrons. The Balaban J connectivity index is 2.26. The molecule has 2 rings (SSSR count). The van der Waals surface area contributed by atoms with Crippen molar-refractivity contribution in [1.29, 1.82) is 0 Å². The van der Waals surface area contributed by atoms with Crippen molar-refractivity contribution in [3.05, 3.63) is 53.6 Å². The number of H-pyrrole nitrogens is 1. The maximum Gasteiger partial charge on any atom is 0.252 e. The fourth-order valence-corrected chi connectivity index (χ4v) is 1.79. The van der Waals surface area contributed by atoms with Gasteiger partial charge in [-0.2, -0.15) is 0 Å². The van der Waals surface area contributed by atoms with E-state index in [9.17, 15) is 9.59 Å². The normalized spacial score (nSPS) is 10.6. The zero-order chi connectivity index (χ0) is 14.5. The summed E-state index contributed by atoms with van der Waals surface area (Å²) in [6.07, 6.45) is 3.09. The molecule has 0 aliphatic heterocycles. The Bertz CT molecular complexity index is 603. The van der Waals surface area contributed by atoms with Gasteiger partial charge in [-0.1, -0.05) is 32.0 Å². The number of benzene rings is 1. The molecule has 2 N–H and O–H groups in total. The van der Waals surface area contributed by atoms with Gasteiger partial charge in [0.25, 0.3) is 5.91 Å². The SMILES string of the molecule is CC(C)CNC(=O)c1ccccc1C(=O)c1ncc[nH]1. The van der Waals surface area contributed by atoms with Crippen molar-refractivity contribution in [3.63, 3.8) is 0 Å². The summed E-state index contributed by atoms with van der Waals surface area (Å²) in [5.74, 6) is 0.0560. The molecule has 2 aromatic rings. The van der Waals surface area contributed by atoms with Crippen LogP contribution in [0.3, 0.4) is 0 Å². The maximum absolute atomic E-state index is 12.3. The standard InChI is InChI=1S/C15H17N3O2/c1-10(2)9-18-15(20)12-6-4-3-5-11(12)13(19)14-16-7-8-17-14/h3-8,10H,9H2,1-2H3,(H,16,17)(H,18,20). The number of hydrogen-bond donors (Lipinski definition) is 2. The fourth-order valence-electron chi connectivity index (χ4n) is 1.79. The summed E-state index contributed by atoms with van der Waals surface area (Å²) in [5.41, 5.74) is 0.721.